The highest BCUT2D eigenvalue weighted by molar-refractivity contribution is 7.08. The number of aliphatic hydroxyl groups is 1. The van der Waals surface area contributed by atoms with Crippen LogP contribution in [0.3, 0.4) is 0 Å². The second-order valence-electron chi connectivity index (χ2n) is 4.71. The number of nitrogens with one attached hydrogen (secondary N) is 1. The molecule has 1 unspecified atom stereocenters. The fourth-order valence-corrected chi connectivity index (χ4v) is 2.33. The number of carbonyl (C=O) groups is 1. The van der Waals surface area contributed by atoms with E-state index in [-0.39, 0.29) is 24.8 Å². The quantitative estimate of drug-likeness (QED) is 0.846. The number of carbonyl (C=O) groups excluding carboxylic acids is 1. The number of rotatable bonds is 6. The summed E-state index contributed by atoms with van der Waals surface area (Å²) < 4.78 is 42.4. The first kappa shape index (κ1) is 17.3. The van der Waals surface area contributed by atoms with E-state index < -0.39 is 17.8 Å². The lowest BCUT2D eigenvalue weighted by atomic mass is 10.2. The molecule has 1 amide bonds. The second-order valence-corrected chi connectivity index (χ2v) is 5.49. The van der Waals surface area contributed by atoms with Crippen LogP contribution in [0.5, 0.6) is 5.75 Å². The summed E-state index contributed by atoms with van der Waals surface area (Å²) in [6.45, 7) is -0.162. The molecule has 0 spiro atoms. The van der Waals surface area contributed by atoms with Gasteiger partial charge in [0.05, 0.1) is 5.56 Å². The third-order valence-electron chi connectivity index (χ3n) is 2.91. The normalized spacial score (nSPS) is 12.7. The van der Waals surface area contributed by atoms with Crippen molar-refractivity contribution in [2.75, 3.05) is 13.2 Å². The maximum atomic E-state index is 12.4. The highest BCUT2D eigenvalue weighted by atomic mass is 32.1. The van der Waals surface area contributed by atoms with Gasteiger partial charge in [0.1, 0.15) is 18.5 Å². The summed E-state index contributed by atoms with van der Waals surface area (Å²) in [7, 11) is 0. The van der Waals surface area contributed by atoms with Gasteiger partial charge < -0.3 is 15.2 Å². The van der Waals surface area contributed by atoms with Crippen LogP contribution in [0.25, 0.3) is 0 Å². The number of hydrogen-bond donors (Lipinski definition) is 2. The number of benzene rings is 1. The lowest BCUT2D eigenvalue weighted by molar-refractivity contribution is -0.137. The Morgan fingerprint density at radius 3 is 2.52 bits per heavy atom. The van der Waals surface area contributed by atoms with Crippen LogP contribution >= 0.6 is 11.3 Å². The molecule has 0 fully saturated rings. The standard InChI is InChI=1S/C15H14F3NO3S/c16-15(17,18)11-1-3-13(4-2-11)22-8-12(20)7-19-14(21)10-5-6-23-9-10/h1-6,9,12,20H,7-8H2,(H,19,21). The zero-order valence-electron chi connectivity index (χ0n) is 11.8. The first-order valence-corrected chi connectivity index (χ1v) is 7.59. The zero-order chi connectivity index (χ0) is 16.9. The first-order valence-electron chi connectivity index (χ1n) is 6.65. The molecule has 2 N–H and O–H groups in total. The Balaban J connectivity index is 1.76. The van der Waals surface area contributed by atoms with E-state index in [0.717, 1.165) is 12.1 Å². The van der Waals surface area contributed by atoms with Crippen LogP contribution in [-0.4, -0.2) is 30.3 Å². The summed E-state index contributed by atoms with van der Waals surface area (Å²) in [6, 6.07) is 5.82. The van der Waals surface area contributed by atoms with E-state index in [1.165, 1.54) is 23.5 Å². The number of aliphatic hydroxyl groups excluding tert-OH is 1. The molecule has 23 heavy (non-hydrogen) atoms. The average Bonchev–Trinajstić information content (AvgIpc) is 3.04. The highest BCUT2D eigenvalue weighted by Crippen LogP contribution is 2.30. The van der Waals surface area contributed by atoms with Crippen LogP contribution in [0.1, 0.15) is 15.9 Å². The van der Waals surface area contributed by atoms with Crippen molar-refractivity contribution in [3.05, 3.63) is 52.2 Å². The number of hydrogen-bond acceptors (Lipinski definition) is 4. The minimum Gasteiger partial charge on any atom is -0.491 e. The van der Waals surface area contributed by atoms with Crippen molar-refractivity contribution in [3.63, 3.8) is 0 Å². The maximum Gasteiger partial charge on any atom is 0.416 e. The molecular formula is C15H14F3NO3S. The summed E-state index contributed by atoms with van der Waals surface area (Å²) in [5.41, 5.74) is -0.265. The smallest absolute Gasteiger partial charge is 0.416 e. The van der Waals surface area contributed by atoms with E-state index in [2.05, 4.69) is 5.32 Å². The zero-order valence-corrected chi connectivity index (χ0v) is 12.7. The molecule has 124 valence electrons. The van der Waals surface area contributed by atoms with Gasteiger partial charge in [0.25, 0.3) is 5.91 Å². The Bertz CT molecular complexity index is 626. The topological polar surface area (TPSA) is 58.6 Å². The number of amides is 1. The third-order valence-corrected chi connectivity index (χ3v) is 3.59. The van der Waals surface area contributed by atoms with Crippen molar-refractivity contribution in [1.29, 1.82) is 0 Å². The van der Waals surface area contributed by atoms with Gasteiger partial charge in [0.2, 0.25) is 0 Å². The molecule has 2 aromatic rings. The number of thiophene rings is 1. The fourth-order valence-electron chi connectivity index (χ4n) is 1.70. The van der Waals surface area contributed by atoms with Crippen LogP contribution in [0.15, 0.2) is 41.1 Å². The van der Waals surface area contributed by atoms with Gasteiger partial charge in [0, 0.05) is 17.5 Å². The Kier molecular flexibility index (Phi) is 5.62. The van der Waals surface area contributed by atoms with Crippen molar-refractivity contribution in [2.24, 2.45) is 0 Å². The summed E-state index contributed by atoms with van der Waals surface area (Å²) in [5, 5.41) is 15.7. The number of alkyl halides is 3. The van der Waals surface area contributed by atoms with E-state index in [1.807, 2.05) is 0 Å². The van der Waals surface area contributed by atoms with Crippen LogP contribution in [0, 0.1) is 0 Å². The minimum atomic E-state index is -4.40. The molecule has 8 heteroatoms. The van der Waals surface area contributed by atoms with E-state index in [0.29, 0.717) is 5.56 Å². The molecular weight excluding hydrogens is 331 g/mol. The van der Waals surface area contributed by atoms with Gasteiger partial charge in [-0.2, -0.15) is 24.5 Å². The molecule has 0 aliphatic heterocycles. The van der Waals surface area contributed by atoms with Gasteiger partial charge in [-0.25, -0.2) is 0 Å². The van der Waals surface area contributed by atoms with Crippen molar-refractivity contribution >= 4 is 17.2 Å². The Hall–Kier alpha value is -2.06. The summed E-state index contributed by atoms with van der Waals surface area (Å²) >= 11 is 1.38. The van der Waals surface area contributed by atoms with Crippen LogP contribution in [0.4, 0.5) is 13.2 Å². The van der Waals surface area contributed by atoms with Crippen molar-refractivity contribution in [2.45, 2.75) is 12.3 Å². The Labute approximate surface area is 134 Å². The summed E-state index contributed by atoms with van der Waals surface area (Å²) in [5.74, 6) is -0.0963. The molecule has 4 nitrogen and oxygen atoms in total. The first-order chi connectivity index (χ1) is 10.9. The predicted octanol–water partition coefficient (Wildman–Crippen LogP) is 2.94. The maximum absolute atomic E-state index is 12.4. The molecule has 0 bridgehead atoms. The molecule has 1 aromatic heterocycles. The lowest BCUT2D eigenvalue weighted by Gasteiger charge is -2.13. The second kappa shape index (κ2) is 7.47. The Morgan fingerprint density at radius 2 is 1.96 bits per heavy atom. The predicted molar refractivity (Wildman–Crippen MR) is 79.6 cm³/mol. The molecule has 0 aliphatic carbocycles. The van der Waals surface area contributed by atoms with E-state index in [4.69, 9.17) is 4.74 Å². The SMILES string of the molecule is O=C(NCC(O)COc1ccc(C(F)(F)F)cc1)c1ccsc1. The van der Waals surface area contributed by atoms with Crippen LogP contribution in [0.2, 0.25) is 0 Å². The molecule has 0 aliphatic rings. The van der Waals surface area contributed by atoms with Gasteiger partial charge >= 0.3 is 6.18 Å². The fraction of sp³-hybridized carbons (Fsp3) is 0.267. The van der Waals surface area contributed by atoms with Crippen LogP contribution in [-0.2, 0) is 6.18 Å². The largest absolute Gasteiger partial charge is 0.491 e. The summed E-state index contributed by atoms with van der Waals surface area (Å²) in [4.78, 5) is 11.7. The van der Waals surface area contributed by atoms with Crippen molar-refractivity contribution in [1.82, 2.24) is 5.32 Å². The van der Waals surface area contributed by atoms with Gasteiger partial charge in [-0.15, -0.1) is 0 Å². The van der Waals surface area contributed by atoms with E-state index in [1.54, 1.807) is 16.8 Å². The van der Waals surface area contributed by atoms with Gasteiger partial charge in [-0.05, 0) is 35.7 Å². The number of ether oxygens (including phenoxy) is 1. The molecule has 0 radical (unpaired) electrons. The van der Waals surface area contributed by atoms with E-state index >= 15 is 0 Å². The molecule has 1 atom stereocenters. The minimum absolute atomic E-state index is 0.0185. The Morgan fingerprint density at radius 1 is 1.26 bits per heavy atom. The van der Waals surface area contributed by atoms with Gasteiger partial charge in [-0.1, -0.05) is 0 Å². The summed E-state index contributed by atoms with van der Waals surface area (Å²) in [6.07, 6.45) is -5.37. The molecule has 1 heterocycles. The van der Waals surface area contributed by atoms with Gasteiger partial charge in [-0.3, -0.25) is 4.79 Å². The van der Waals surface area contributed by atoms with Crippen molar-refractivity contribution in [3.8, 4) is 5.75 Å². The van der Waals surface area contributed by atoms with Crippen LogP contribution < -0.4 is 10.1 Å². The lowest BCUT2D eigenvalue weighted by Crippen LogP contribution is -2.35. The monoisotopic (exact) mass is 345 g/mol. The third kappa shape index (κ3) is 5.26. The highest BCUT2D eigenvalue weighted by Gasteiger charge is 2.30. The van der Waals surface area contributed by atoms with E-state index in [9.17, 15) is 23.1 Å². The van der Waals surface area contributed by atoms with Crippen molar-refractivity contribution < 1.29 is 27.8 Å². The van der Waals surface area contributed by atoms with Gasteiger partial charge in [0.15, 0.2) is 0 Å². The number of halogens is 3. The molecule has 0 saturated carbocycles. The average molecular weight is 345 g/mol. The molecule has 2 rings (SSSR count). The molecule has 0 saturated heterocycles. The molecule has 1 aromatic carbocycles.